The third-order valence-electron chi connectivity index (χ3n) is 0. The Hall–Kier alpha value is 1.02. The van der Waals surface area contributed by atoms with Crippen LogP contribution in [0.2, 0.25) is 0 Å². The van der Waals surface area contributed by atoms with Gasteiger partial charge in [0.15, 0.2) is 0 Å². The summed E-state index contributed by atoms with van der Waals surface area (Å²) in [5.41, 5.74) is 0. The Labute approximate surface area is 59.2 Å². The van der Waals surface area contributed by atoms with E-state index in [4.69, 9.17) is 14.2 Å². The van der Waals surface area contributed by atoms with Crippen LogP contribution in [-0.2, 0) is 26.2 Å². The molecule has 6 heavy (non-hydrogen) atoms. The number of rotatable bonds is 0. The van der Waals surface area contributed by atoms with Gasteiger partial charge in [0.1, 0.15) is 0 Å². The Bertz CT molecular complexity index is 129. The van der Waals surface area contributed by atoms with E-state index in [9.17, 15) is 0 Å². The molecule has 32 valence electrons. The first kappa shape index (κ1) is 10.1. The summed E-state index contributed by atoms with van der Waals surface area (Å²) in [6, 6.07) is 0. The van der Waals surface area contributed by atoms with Crippen molar-refractivity contribution in [3.63, 3.8) is 0 Å². The van der Waals surface area contributed by atoms with Gasteiger partial charge in [0.25, 0.3) is 0 Å². The van der Waals surface area contributed by atoms with Crippen molar-refractivity contribution in [2.45, 2.75) is 0 Å². The first-order valence-corrected chi connectivity index (χ1v) is 5.05. The Balaban J connectivity index is 0. The van der Waals surface area contributed by atoms with Crippen molar-refractivity contribution in [2.24, 2.45) is 0 Å². The molecule has 0 bridgehead atoms. The monoisotopic (exact) mass is 275 g/mol. The van der Waals surface area contributed by atoms with E-state index in [1.807, 2.05) is 0 Å². The van der Waals surface area contributed by atoms with Crippen molar-refractivity contribution in [1.29, 1.82) is 0 Å². The maximum atomic E-state index is 8.64. The molecule has 0 amide bonds. The third-order valence-corrected chi connectivity index (χ3v) is 0. The molecule has 0 N–H and O–H groups in total. The molecule has 0 rings (SSSR count). The summed E-state index contributed by atoms with van der Waals surface area (Å²) in [6.45, 7) is 0. The molecule has 0 aliphatic rings. The van der Waals surface area contributed by atoms with Gasteiger partial charge in [0.2, 0.25) is 0 Å². The molecule has 0 aromatic carbocycles. The Morgan fingerprint density at radius 2 is 1.17 bits per heavy atom. The fraction of sp³-hybridized carbons (Fsp3) is 0. The molecule has 4 nitrogen and oxygen atoms in total. The molecule has 0 aliphatic carbocycles. The van der Waals surface area contributed by atoms with E-state index in [1.54, 1.807) is 0 Å². The molecule has 0 radical (unpaired) electrons. The van der Waals surface area contributed by atoms with Crippen molar-refractivity contribution in [3.8, 4) is 0 Å². The zero-order valence-corrected chi connectivity index (χ0v) is 7.73. The third kappa shape index (κ3) is 77.7. The second-order valence-corrected chi connectivity index (χ2v) is 3.09. The van der Waals surface area contributed by atoms with E-state index in [1.165, 1.54) is 0 Å². The summed E-state index contributed by atoms with van der Waals surface area (Å²) >= 11 is -6.11. The SMILES string of the molecule is [Na+].[O]=[188Re](=[O])(=[O])[O-]. The summed E-state index contributed by atoms with van der Waals surface area (Å²) in [6.07, 6.45) is 0. The number of hydrogen-bond acceptors (Lipinski definition) is 4. The van der Waals surface area contributed by atoms with E-state index in [0.29, 0.717) is 0 Å². The molecule has 0 saturated carbocycles. The van der Waals surface area contributed by atoms with Crippen LogP contribution >= 0.6 is 0 Å². The molecule has 0 aromatic heterocycles. The molecule has 0 saturated heterocycles. The number of hydrogen-bond donors (Lipinski definition) is 0. The molecule has 6 heteroatoms. The Morgan fingerprint density at radius 1 is 1.17 bits per heavy atom. The molecule has 0 fully saturated rings. The van der Waals surface area contributed by atoms with Gasteiger partial charge in [-0.15, -0.1) is 0 Å². The first-order valence-electron chi connectivity index (χ1n) is 0.617. The van der Waals surface area contributed by atoms with Gasteiger partial charge in [0, 0.05) is 0 Å². The van der Waals surface area contributed by atoms with Crippen LogP contribution in [0.15, 0.2) is 0 Å². The van der Waals surface area contributed by atoms with Crippen LogP contribution in [0.1, 0.15) is 0 Å². The molecule has 0 aromatic rings. The summed E-state index contributed by atoms with van der Waals surface area (Å²) in [5, 5.41) is 0. The topological polar surface area (TPSA) is 74.3 Å². The summed E-state index contributed by atoms with van der Waals surface area (Å²) < 4.78 is 34.6. The van der Waals surface area contributed by atoms with Crippen molar-refractivity contribution in [1.82, 2.24) is 0 Å². The minimum atomic E-state index is -6.11. The second kappa shape index (κ2) is 3.08. The van der Waals surface area contributed by atoms with Crippen LogP contribution in [-0.4, -0.2) is 0 Å². The molecular weight excluding hydrogens is 275 g/mol. The quantitative estimate of drug-likeness (QED) is 0.417. The van der Waals surface area contributed by atoms with Gasteiger partial charge in [-0.2, -0.15) is 0 Å². The summed E-state index contributed by atoms with van der Waals surface area (Å²) in [7, 11) is 0. The van der Waals surface area contributed by atoms with E-state index < -0.39 is 15.8 Å². The molecule has 0 atom stereocenters. The van der Waals surface area contributed by atoms with Crippen LogP contribution in [0.25, 0.3) is 0 Å². The van der Waals surface area contributed by atoms with Gasteiger partial charge in [-0.05, 0) is 0 Å². The zero-order valence-electron chi connectivity index (χ0n) is 3.01. The van der Waals surface area contributed by atoms with Gasteiger partial charge in [-0.3, -0.25) is 0 Å². The summed E-state index contributed by atoms with van der Waals surface area (Å²) in [5.74, 6) is 0. The van der Waals surface area contributed by atoms with Gasteiger partial charge < -0.3 is 0 Å². The van der Waals surface area contributed by atoms with Crippen molar-refractivity contribution >= 4 is 0 Å². The molecule has 0 unspecified atom stereocenters. The van der Waals surface area contributed by atoms with E-state index in [0.717, 1.165) is 0 Å². The van der Waals surface area contributed by atoms with E-state index in [-0.39, 0.29) is 29.6 Å². The zero-order chi connectivity index (χ0) is 4.50. The average molecular weight is 275 g/mol. The van der Waals surface area contributed by atoms with Gasteiger partial charge in [0.05, 0.1) is 0 Å². The average Bonchev–Trinajstić information content (AvgIpc) is 0.722. The molecule has 0 aliphatic heterocycles. The standard InChI is InChI=1S/Na.4O.Re/q+1;;;;-1;/i;;;;;1+2. The molecule has 0 spiro atoms. The Kier molecular flexibility index (Phi) is 5.18. The normalized spacial score (nSPS) is 9.50. The van der Waals surface area contributed by atoms with E-state index in [2.05, 4.69) is 0 Å². The first-order chi connectivity index (χ1) is 2.00. The van der Waals surface area contributed by atoms with Crippen LogP contribution in [0, 0.1) is 0 Å². The predicted octanol–water partition coefficient (Wildman–Crippen LogP) is -4.54. The van der Waals surface area contributed by atoms with Crippen LogP contribution in [0.4, 0.5) is 0 Å². The van der Waals surface area contributed by atoms with Crippen molar-refractivity contribution < 1.29 is 59.6 Å². The van der Waals surface area contributed by atoms with Crippen molar-refractivity contribution in [2.75, 3.05) is 0 Å². The molecule has 0 heterocycles. The van der Waals surface area contributed by atoms with Crippen molar-refractivity contribution in [3.05, 3.63) is 0 Å². The maximum absolute atomic E-state index is 8.64. The van der Waals surface area contributed by atoms with E-state index >= 15 is 0 Å². The van der Waals surface area contributed by atoms with Crippen LogP contribution in [0.3, 0.4) is 0 Å². The fourth-order valence-corrected chi connectivity index (χ4v) is 0. The predicted molar refractivity (Wildman–Crippen MR) is 2.06 cm³/mol. The van der Waals surface area contributed by atoms with Gasteiger partial charge in [-0.25, -0.2) is 0 Å². The van der Waals surface area contributed by atoms with Crippen LogP contribution in [0.5, 0.6) is 0 Å². The minimum absolute atomic E-state index is 0. The Morgan fingerprint density at radius 3 is 1.17 bits per heavy atom. The summed E-state index contributed by atoms with van der Waals surface area (Å²) in [4.78, 5) is 0. The second-order valence-electron chi connectivity index (χ2n) is 0.378. The fourth-order valence-electron chi connectivity index (χ4n) is 0. The van der Waals surface area contributed by atoms with Gasteiger partial charge >= 0.3 is 59.6 Å². The van der Waals surface area contributed by atoms with Crippen LogP contribution < -0.4 is 33.4 Å². The molecular formula is NaO4Re. The van der Waals surface area contributed by atoms with Gasteiger partial charge in [-0.1, -0.05) is 0 Å².